The lowest BCUT2D eigenvalue weighted by Gasteiger charge is -2.25. The second-order valence-corrected chi connectivity index (χ2v) is 5.10. The highest BCUT2D eigenvalue weighted by atomic mass is 19.1. The van der Waals surface area contributed by atoms with Gasteiger partial charge >= 0.3 is 5.97 Å². The van der Waals surface area contributed by atoms with Crippen molar-refractivity contribution in [2.45, 2.75) is 13.0 Å². The lowest BCUT2D eigenvalue weighted by molar-refractivity contribution is -0.149. The summed E-state index contributed by atoms with van der Waals surface area (Å²) in [7, 11) is 0. The van der Waals surface area contributed by atoms with Crippen molar-refractivity contribution in [1.82, 2.24) is 5.32 Å². The van der Waals surface area contributed by atoms with Crippen molar-refractivity contribution in [3.63, 3.8) is 0 Å². The zero-order chi connectivity index (χ0) is 15.5. The summed E-state index contributed by atoms with van der Waals surface area (Å²) < 4.78 is 23.0. The Kier molecular flexibility index (Phi) is 4.42. The Labute approximate surface area is 120 Å². The van der Waals surface area contributed by atoms with Gasteiger partial charge in [-0.2, -0.15) is 0 Å². The predicted octanol–water partition coefficient (Wildman–Crippen LogP) is 0.810. The highest BCUT2D eigenvalue weighted by molar-refractivity contribution is 5.81. The maximum atomic E-state index is 12.7. The fourth-order valence-electron chi connectivity index (χ4n) is 2.00. The third-order valence-corrected chi connectivity index (χ3v) is 3.46. The lowest BCUT2D eigenvalue weighted by Crippen LogP contribution is -2.50. The minimum atomic E-state index is -1.15. The highest BCUT2D eigenvalue weighted by Gasteiger charge is 2.47. The molecule has 2 rings (SSSR count). The standard InChI is InChI=1S/C14H16FNO5/c1-14(13(18)19)8-20-6-11(14)16-12(17)7-21-10-4-2-9(15)3-5-10/h2-5,11H,6-8H2,1H3,(H,16,17)(H,18,19). The van der Waals surface area contributed by atoms with Gasteiger partial charge in [0.15, 0.2) is 6.61 Å². The van der Waals surface area contributed by atoms with Crippen LogP contribution in [0.5, 0.6) is 5.75 Å². The Hall–Kier alpha value is -2.15. The van der Waals surface area contributed by atoms with Gasteiger partial charge in [-0.1, -0.05) is 0 Å². The monoisotopic (exact) mass is 297 g/mol. The van der Waals surface area contributed by atoms with Crippen LogP contribution in [-0.4, -0.2) is 42.8 Å². The SMILES string of the molecule is CC1(C(=O)O)COCC1NC(=O)COc1ccc(F)cc1. The Balaban J connectivity index is 1.87. The number of carbonyl (C=O) groups excluding carboxylic acids is 1. The van der Waals surface area contributed by atoms with E-state index in [0.29, 0.717) is 5.75 Å². The number of benzene rings is 1. The van der Waals surface area contributed by atoms with Gasteiger partial charge in [-0.05, 0) is 31.2 Å². The Morgan fingerprint density at radius 1 is 1.48 bits per heavy atom. The van der Waals surface area contributed by atoms with Crippen LogP contribution in [-0.2, 0) is 14.3 Å². The van der Waals surface area contributed by atoms with E-state index >= 15 is 0 Å². The number of amides is 1. The van der Waals surface area contributed by atoms with Crippen LogP contribution in [0.15, 0.2) is 24.3 Å². The number of ether oxygens (including phenoxy) is 2. The fraction of sp³-hybridized carbons (Fsp3) is 0.429. The van der Waals surface area contributed by atoms with E-state index in [4.69, 9.17) is 9.47 Å². The number of carboxylic acids is 1. The molecule has 1 amide bonds. The summed E-state index contributed by atoms with van der Waals surface area (Å²) in [6.45, 7) is 1.43. The van der Waals surface area contributed by atoms with Crippen molar-refractivity contribution in [2.24, 2.45) is 5.41 Å². The normalized spacial score (nSPS) is 24.6. The van der Waals surface area contributed by atoms with Gasteiger partial charge in [0.2, 0.25) is 0 Å². The molecule has 1 heterocycles. The maximum Gasteiger partial charge on any atom is 0.313 e. The molecule has 0 spiro atoms. The Bertz CT molecular complexity index is 533. The Morgan fingerprint density at radius 3 is 2.76 bits per heavy atom. The fourth-order valence-corrected chi connectivity index (χ4v) is 2.00. The van der Waals surface area contributed by atoms with Crippen molar-refractivity contribution >= 4 is 11.9 Å². The van der Waals surface area contributed by atoms with Gasteiger partial charge in [-0.25, -0.2) is 4.39 Å². The molecule has 1 aromatic carbocycles. The molecule has 1 aliphatic rings. The second kappa shape index (κ2) is 6.09. The van der Waals surface area contributed by atoms with Gasteiger partial charge in [0.05, 0.1) is 19.3 Å². The van der Waals surface area contributed by atoms with Crippen LogP contribution in [0.4, 0.5) is 4.39 Å². The van der Waals surface area contributed by atoms with Crippen LogP contribution < -0.4 is 10.1 Å². The number of carboxylic acid groups (broad SMARTS) is 1. The van der Waals surface area contributed by atoms with Crippen LogP contribution in [0.25, 0.3) is 0 Å². The molecule has 21 heavy (non-hydrogen) atoms. The molecule has 2 N–H and O–H groups in total. The number of nitrogens with one attached hydrogen (secondary N) is 1. The number of rotatable bonds is 5. The summed E-state index contributed by atoms with van der Waals surface area (Å²) in [6.07, 6.45) is 0. The minimum absolute atomic E-state index is 0.0477. The maximum absolute atomic E-state index is 12.7. The number of halogens is 1. The van der Waals surface area contributed by atoms with Gasteiger partial charge < -0.3 is 19.9 Å². The molecule has 1 aliphatic heterocycles. The van der Waals surface area contributed by atoms with E-state index in [0.717, 1.165) is 0 Å². The zero-order valence-corrected chi connectivity index (χ0v) is 11.5. The molecule has 6 nitrogen and oxygen atoms in total. The van der Waals surface area contributed by atoms with E-state index in [1.807, 2.05) is 0 Å². The number of aliphatic carboxylic acids is 1. The summed E-state index contributed by atoms with van der Waals surface area (Å²) in [6, 6.07) is 4.64. The molecule has 0 aromatic heterocycles. The predicted molar refractivity (Wildman–Crippen MR) is 70.4 cm³/mol. The molecule has 0 aliphatic carbocycles. The third-order valence-electron chi connectivity index (χ3n) is 3.46. The third kappa shape index (κ3) is 3.49. The summed E-state index contributed by atoms with van der Waals surface area (Å²) in [4.78, 5) is 23.0. The summed E-state index contributed by atoms with van der Waals surface area (Å²) in [5.41, 5.74) is -1.15. The molecule has 0 bridgehead atoms. The van der Waals surface area contributed by atoms with E-state index < -0.39 is 29.2 Å². The summed E-state index contributed by atoms with van der Waals surface area (Å²) in [5, 5.41) is 11.8. The molecule has 2 atom stereocenters. The topological polar surface area (TPSA) is 84.9 Å². The first kappa shape index (κ1) is 15.2. The minimum Gasteiger partial charge on any atom is -0.484 e. The van der Waals surface area contributed by atoms with Gasteiger partial charge in [-0.15, -0.1) is 0 Å². The van der Waals surface area contributed by atoms with Crippen molar-refractivity contribution in [2.75, 3.05) is 19.8 Å². The smallest absolute Gasteiger partial charge is 0.313 e. The molecule has 0 radical (unpaired) electrons. The second-order valence-electron chi connectivity index (χ2n) is 5.10. The van der Waals surface area contributed by atoms with Crippen LogP contribution >= 0.6 is 0 Å². The largest absolute Gasteiger partial charge is 0.484 e. The van der Waals surface area contributed by atoms with Gasteiger partial charge in [0.1, 0.15) is 17.0 Å². The zero-order valence-electron chi connectivity index (χ0n) is 11.5. The van der Waals surface area contributed by atoms with Crippen LogP contribution in [0.2, 0.25) is 0 Å². The van der Waals surface area contributed by atoms with Crippen LogP contribution in [0.1, 0.15) is 6.92 Å². The van der Waals surface area contributed by atoms with Crippen LogP contribution in [0.3, 0.4) is 0 Å². The van der Waals surface area contributed by atoms with Crippen molar-refractivity contribution in [3.8, 4) is 5.75 Å². The first-order valence-electron chi connectivity index (χ1n) is 6.41. The average Bonchev–Trinajstić information content (AvgIpc) is 2.81. The number of hydrogen-bond acceptors (Lipinski definition) is 4. The van der Waals surface area contributed by atoms with E-state index in [-0.39, 0.29) is 19.8 Å². The quantitative estimate of drug-likeness (QED) is 0.840. The summed E-state index contributed by atoms with van der Waals surface area (Å²) in [5.74, 6) is -1.52. The van der Waals surface area contributed by atoms with E-state index in [1.165, 1.54) is 31.2 Å². The van der Waals surface area contributed by atoms with Crippen molar-refractivity contribution in [1.29, 1.82) is 0 Å². The molecular weight excluding hydrogens is 281 g/mol. The molecule has 1 saturated heterocycles. The first-order chi connectivity index (χ1) is 9.91. The summed E-state index contributed by atoms with van der Waals surface area (Å²) >= 11 is 0. The van der Waals surface area contributed by atoms with E-state index in [2.05, 4.69) is 5.32 Å². The molecule has 7 heteroatoms. The number of hydrogen-bond donors (Lipinski definition) is 2. The van der Waals surface area contributed by atoms with Gasteiger partial charge in [0.25, 0.3) is 5.91 Å². The Morgan fingerprint density at radius 2 is 2.14 bits per heavy atom. The molecule has 114 valence electrons. The highest BCUT2D eigenvalue weighted by Crippen LogP contribution is 2.28. The van der Waals surface area contributed by atoms with E-state index in [1.54, 1.807) is 0 Å². The lowest BCUT2D eigenvalue weighted by atomic mass is 9.85. The first-order valence-corrected chi connectivity index (χ1v) is 6.41. The van der Waals surface area contributed by atoms with E-state index in [9.17, 15) is 19.1 Å². The van der Waals surface area contributed by atoms with Crippen molar-refractivity contribution < 1.29 is 28.6 Å². The van der Waals surface area contributed by atoms with Gasteiger partial charge in [0, 0.05) is 0 Å². The molecular formula is C14H16FNO5. The molecule has 0 saturated carbocycles. The van der Waals surface area contributed by atoms with Crippen LogP contribution in [0, 0.1) is 11.2 Å². The molecule has 1 fully saturated rings. The number of carbonyl (C=O) groups is 2. The average molecular weight is 297 g/mol. The molecule has 1 aromatic rings. The van der Waals surface area contributed by atoms with Gasteiger partial charge in [-0.3, -0.25) is 9.59 Å². The molecule has 2 unspecified atom stereocenters. The van der Waals surface area contributed by atoms with Crippen molar-refractivity contribution in [3.05, 3.63) is 30.1 Å².